The van der Waals surface area contributed by atoms with Gasteiger partial charge in [0.2, 0.25) is 5.82 Å². The number of hydrogen-bond acceptors (Lipinski definition) is 4. The molecule has 1 aromatic heterocycles. The van der Waals surface area contributed by atoms with E-state index in [0.717, 1.165) is 0 Å². The molecule has 5 nitrogen and oxygen atoms in total. The molecule has 1 rings (SSSR count). The summed E-state index contributed by atoms with van der Waals surface area (Å²) in [7, 11) is 0. The lowest BCUT2D eigenvalue weighted by atomic mass is 10.5. The van der Waals surface area contributed by atoms with Crippen LogP contribution in [0.15, 0.2) is 6.20 Å². The average molecular weight is 135 g/mol. The van der Waals surface area contributed by atoms with E-state index >= 15 is 0 Å². The van der Waals surface area contributed by atoms with Crippen LogP contribution in [0.3, 0.4) is 0 Å². The van der Waals surface area contributed by atoms with Gasteiger partial charge in [0, 0.05) is 6.20 Å². The molecule has 0 amide bonds. The van der Waals surface area contributed by atoms with Crippen molar-refractivity contribution in [2.75, 3.05) is 0 Å². The van der Waals surface area contributed by atoms with E-state index in [-0.39, 0.29) is 17.7 Å². The highest BCUT2D eigenvalue weighted by Gasteiger charge is 1.94. The van der Waals surface area contributed by atoms with Crippen LogP contribution in [0.5, 0.6) is 0 Å². The van der Waals surface area contributed by atoms with Crippen molar-refractivity contribution >= 4 is 0 Å². The smallest absolute Gasteiger partial charge is 0.211 e. The molecule has 0 aliphatic heterocycles. The average Bonchev–Trinajstić information content (AvgIpc) is 2.34. The van der Waals surface area contributed by atoms with Gasteiger partial charge in [-0.1, -0.05) is 0 Å². The summed E-state index contributed by atoms with van der Waals surface area (Å²) in [4.78, 5) is 6.08. The normalized spacial score (nSPS) is 7.00. The van der Waals surface area contributed by atoms with Gasteiger partial charge in [0.1, 0.15) is 12.1 Å². The Bertz CT molecular complexity index is 257. The number of imidazole rings is 1. The number of nitrogens with one attached hydrogen (secondary N) is 1. The first-order valence-electron chi connectivity index (χ1n) is 2.22. The fraction of sp³-hybridized carbons (Fsp3) is 0. The van der Waals surface area contributed by atoms with E-state index in [9.17, 15) is 0 Å². The Morgan fingerprint density at radius 2 is 2.10 bits per heavy atom. The molecule has 0 aliphatic rings. The fourth-order valence-corrected chi connectivity index (χ4v) is 0.436. The van der Waals surface area contributed by atoms with Crippen molar-refractivity contribution in [3.8, 4) is 12.1 Å². The molecule has 1 heterocycles. The van der Waals surface area contributed by atoms with Crippen LogP contribution in [-0.4, -0.2) is 9.97 Å². The summed E-state index contributed by atoms with van der Waals surface area (Å²) < 4.78 is 0. The molecule has 50 valence electrons. The third kappa shape index (κ3) is 1.31. The molecule has 10 heavy (non-hydrogen) atoms. The van der Waals surface area contributed by atoms with Crippen molar-refractivity contribution < 1.29 is 0 Å². The van der Waals surface area contributed by atoms with E-state index in [4.69, 9.17) is 10.5 Å². The molecule has 0 bridgehead atoms. The van der Waals surface area contributed by atoms with Gasteiger partial charge in [0.15, 0.2) is 5.69 Å². The number of aromatic nitrogens is 2. The summed E-state index contributed by atoms with van der Waals surface area (Å²) in [5.74, 6) is 0.173. The Morgan fingerprint density at radius 3 is 2.40 bits per heavy atom. The molecule has 0 saturated heterocycles. The van der Waals surface area contributed by atoms with Gasteiger partial charge < -0.3 is 11.1 Å². The Hall–Kier alpha value is -1.85. The van der Waals surface area contributed by atoms with Crippen molar-refractivity contribution in [1.82, 2.24) is 16.1 Å². The number of H-pyrrole nitrogens is 1. The molecule has 4 N–H and O–H groups in total. The standard InChI is InChI=1S/C5H2N4.H3N/c6-1-4-3-8-5(2-7)9-4;/h3H,(H,8,9);1H3. The molecular weight excluding hydrogens is 130 g/mol. The zero-order valence-corrected chi connectivity index (χ0v) is 5.13. The number of nitrogens with zero attached hydrogens (tertiary/aromatic N) is 3. The summed E-state index contributed by atoms with van der Waals surface area (Å²) in [5, 5.41) is 16.4. The van der Waals surface area contributed by atoms with E-state index in [1.165, 1.54) is 6.20 Å². The Morgan fingerprint density at radius 1 is 1.40 bits per heavy atom. The Kier molecular flexibility index (Phi) is 2.63. The van der Waals surface area contributed by atoms with Gasteiger partial charge in [-0.25, -0.2) is 4.98 Å². The van der Waals surface area contributed by atoms with Crippen LogP contribution in [0.2, 0.25) is 0 Å². The van der Waals surface area contributed by atoms with Gasteiger partial charge in [-0.2, -0.15) is 10.5 Å². The van der Waals surface area contributed by atoms with Crippen molar-refractivity contribution in [2.45, 2.75) is 0 Å². The first-order valence-corrected chi connectivity index (χ1v) is 2.22. The Labute approximate surface area is 57.5 Å². The van der Waals surface area contributed by atoms with Crippen molar-refractivity contribution in [1.29, 1.82) is 10.5 Å². The van der Waals surface area contributed by atoms with E-state index in [1.54, 1.807) is 12.1 Å². The molecule has 0 fully saturated rings. The SMILES string of the molecule is N.N#Cc1c[nH]c(C#N)n1. The van der Waals surface area contributed by atoms with Crippen molar-refractivity contribution in [3.05, 3.63) is 17.7 Å². The number of aromatic amines is 1. The third-order valence-electron chi connectivity index (χ3n) is 0.798. The molecular formula is C5H5N5. The van der Waals surface area contributed by atoms with Gasteiger partial charge in [-0.05, 0) is 0 Å². The van der Waals surface area contributed by atoms with Crippen molar-refractivity contribution in [2.24, 2.45) is 0 Å². The largest absolute Gasteiger partial charge is 0.344 e. The lowest BCUT2D eigenvalue weighted by Crippen LogP contribution is -1.74. The van der Waals surface area contributed by atoms with Crippen LogP contribution in [0.1, 0.15) is 11.5 Å². The number of rotatable bonds is 0. The maximum atomic E-state index is 8.20. The van der Waals surface area contributed by atoms with E-state index < -0.39 is 0 Å². The minimum Gasteiger partial charge on any atom is -0.344 e. The second-order valence-corrected chi connectivity index (χ2v) is 1.36. The molecule has 0 radical (unpaired) electrons. The molecule has 0 spiro atoms. The van der Waals surface area contributed by atoms with Gasteiger partial charge in [-0.15, -0.1) is 0 Å². The molecule has 0 atom stereocenters. The maximum Gasteiger partial charge on any atom is 0.211 e. The second kappa shape index (κ2) is 3.23. The first kappa shape index (κ1) is 8.15. The zero-order chi connectivity index (χ0) is 6.69. The summed E-state index contributed by atoms with van der Waals surface area (Å²) >= 11 is 0. The van der Waals surface area contributed by atoms with Gasteiger partial charge in [0.25, 0.3) is 0 Å². The van der Waals surface area contributed by atoms with Gasteiger partial charge >= 0.3 is 0 Å². The highest BCUT2D eigenvalue weighted by atomic mass is 14.9. The monoisotopic (exact) mass is 135 g/mol. The lowest BCUT2D eigenvalue weighted by molar-refractivity contribution is 1.22. The summed E-state index contributed by atoms with van der Waals surface area (Å²) in [5.41, 5.74) is 0.242. The van der Waals surface area contributed by atoms with Crippen molar-refractivity contribution in [3.63, 3.8) is 0 Å². The van der Waals surface area contributed by atoms with E-state index in [2.05, 4.69) is 9.97 Å². The van der Waals surface area contributed by atoms with Crippen LogP contribution in [-0.2, 0) is 0 Å². The van der Waals surface area contributed by atoms with Crippen LogP contribution >= 0.6 is 0 Å². The molecule has 0 aromatic carbocycles. The zero-order valence-electron chi connectivity index (χ0n) is 5.13. The maximum absolute atomic E-state index is 8.20. The number of nitriles is 2. The number of hydrogen-bond donors (Lipinski definition) is 2. The second-order valence-electron chi connectivity index (χ2n) is 1.36. The summed E-state index contributed by atoms with van der Waals surface area (Å²) in [6, 6.07) is 3.55. The quantitative estimate of drug-likeness (QED) is 0.533. The molecule has 0 saturated carbocycles. The molecule has 5 heteroatoms. The topological polar surface area (TPSA) is 111 Å². The molecule has 0 aliphatic carbocycles. The van der Waals surface area contributed by atoms with E-state index in [1.807, 2.05) is 0 Å². The minimum atomic E-state index is 0. The predicted octanol–water partition coefficient (Wildman–Crippen LogP) is 0.315. The van der Waals surface area contributed by atoms with Crippen LogP contribution in [0.4, 0.5) is 0 Å². The Balaban J connectivity index is 0.000000810. The highest BCUT2D eigenvalue weighted by molar-refractivity contribution is 5.22. The van der Waals surface area contributed by atoms with E-state index in [0.29, 0.717) is 0 Å². The first-order chi connectivity index (χ1) is 4.36. The van der Waals surface area contributed by atoms with Gasteiger partial charge in [0.05, 0.1) is 0 Å². The van der Waals surface area contributed by atoms with Gasteiger partial charge in [-0.3, -0.25) is 0 Å². The molecule has 0 unspecified atom stereocenters. The van der Waals surface area contributed by atoms with Crippen LogP contribution in [0.25, 0.3) is 0 Å². The molecule has 1 aromatic rings. The summed E-state index contributed by atoms with van der Waals surface area (Å²) in [6.07, 6.45) is 1.39. The highest BCUT2D eigenvalue weighted by Crippen LogP contribution is 1.90. The van der Waals surface area contributed by atoms with Crippen LogP contribution < -0.4 is 6.15 Å². The van der Waals surface area contributed by atoms with Crippen LogP contribution in [0, 0.1) is 22.7 Å². The minimum absolute atomic E-state index is 0. The predicted molar refractivity (Wildman–Crippen MR) is 33.0 cm³/mol. The lowest BCUT2D eigenvalue weighted by Gasteiger charge is -1.67. The third-order valence-corrected chi connectivity index (χ3v) is 0.798. The fourth-order valence-electron chi connectivity index (χ4n) is 0.436. The summed E-state index contributed by atoms with van der Waals surface area (Å²) in [6.45, 7) is 0.